The van der Waals surface area contributed by atoms with Crippen molar-refractivity contribution in [1.29, 1.82) is 0 Å². The summed E-state index contributed by atoms with van der Waals surface area (Å²) in [5, 5.41) is 14.0. The average molecular weight is 251 g/mol. The van der Waals surface area contributed by atoms with Gasteiger partial charge in [0.15, 0.2) is 0 Å². The second kappa shape index (κ2) is 4.29. The quantitative estimate of drug-likeness (QED) is 0.909. The summed E-state index contributed by atoms with van der Waals surface area (Å²) in [6.07, 6.45) is 1.81. The number of carbonyl (C=O) groups is 1. The van der Waals surface area contributed by atoms with E-state index in [1.165, 1.54) is 11.3 Å². The van der Waals surface area contributed by atoms with Gasteiger partial charge in [-0.15, -0.1) is 11.3 Å². The fourth-order valence-corrected chi connectivity index (χ4v) is 2.54. The van der Waals surface area contributed by atoms with Crippen LogP contribution in [0, 0.1) is 0 Å². The lowest BCUT2D eigenvalue weighted by Crippen LogP contribution is -2.00. The van der Waals surface area contributed by atoms with Gasteiger partial charge in [-0.25, -0.2) is 9.78 Å². The van der Waals surface area contributed by atoms with E-state index in [0.717, 1.165) is 0 Å². The van der Waals surface area contributed by atoms with Gasteiger partial charge >= 0.3 is 5.97 Å². The van der Waals surface area contributed by atoms with Gasteiger partial charge in [-0.1, -0.05) is 13.8 Å². The highest BCUT2D eigenvalue weighted by Crippen LogP contribution is 2.30. The summed E-state index contributed by atoms with van der Waals surface area (Å²) in [6, 6.07) is 1.83. The minimum absolute atomic E-state index is 0.0924. The van der Waals surface area contributed by atoms with Crippen molar-refractivity contribution in [2.24, 2.45) is 7.05 Å². The van der Waals surface area contributed by atoms with Gasteiger partial charge in [0, 0.05) is 13.2 Å². The predicted octanol–water partition coefficient (Wildman–Crippen LogP) is 2.37. The Morgan fingerprint density at radius 3 is 2.65 bits per heavy atom. The molecule has 1 N–H and O–H groups in total. The highest BCUT2D eigenvalue weighted by atomic mass is 32.1. The molecule has 90 valence electrons. The van der Waals surface area contributed by atoms with Gasteiger partial charge in [0.25, 0.3) is 0 Å². The molecule has 0 fully saturated rings. The Morgan fingerprint density at radius 2 is 2.24 bits per heavy atom. The summed E-state index contributed by atoms with van der Waals surface area (Å²) in [5.74, 6) is -0.830. The number of thiazole rings is 1. The first-order valence-electron chi connectivity index (χ1n) is 5.23. The second-order valence-electron chi connectivity index (χ2n) is 4.07. The van der Waals surface area contributed by atoms with Crippen LogP contribution in [0.2, 0.25) is 0 Å². The molecule has 0 bridgehead atoms. The second-order valence-corrected chi connectivity index (χ2v) is 5.07. The molecule has 0 spiro atoms. The molecule has 2 aromatic rings. The van der Waals surface area contributed by atoms with Gasteiger partial charge in [0.1, 0.15) is 15.6 Å². The molecule has 2 aromatic heterocycles. The van der Waals surface area contributed by atoms with Crippen molar-refractivity contribution < 1.29 is 9.90 Å². The van der Waals surface area contributed by atoms with Crippen LogP contribution < -0.4 is 0 Å². The van der Waals surface area contributed by atoms with Crippen LogP contribution in [0.15, 0.2) is 12.3 Å². The maximum Gasteiger partial charge on any atom is 0.347 e. The molecule has 0 unspecified atom stereocenters. The van der Waals surface area contributed by atoms with Crippen molar-refractivity contribution in [3.63, 3.8) is 0 Å². The van der Waals surface area contributed by atoms with Crippen molar-refractivity contribution in [2.45, 2.75) is 19.8 Å². The maximum absolute atomic E-state index is 11.1. The van der Waals surface area contributed by atoms with Gasteiger partial charge in [0.05, 0.1) is 5.69 Å². The number of hydrogen-bond acceptors (Lipinski definition) is 4. The predicted molar refractivity (Wildman–Crippen MR) is 65.4 cm³/mol. The van der Waals surface area contributed by atoms with E-state index in [9.17, 15) is 4.79 Å². The summed E-state index contributed by atoms with van der Waals surface area (Å²) in [7, 11) is 1.82. The molecule has 2 heterocycles. The van der Waals surface area contributed by atoms with Crippen molar-refractivity contribution in [1.82, 2.24) is 14.8 Å². The third-order valence-electron chi connectivity index (χ3n) is 2.33. The molecule has 0 amide bonds. The molecule has 5 nitrogen and oxygen atoms in total. The fourth-order valence-electron chi connectivity index (χ4n) is 1.52. The lowest BCUT2D eigenvalue weighted by Gasteiger charge is -2.00. The number of hydrogen-bond donors (Lipinski definition) is 1. The van der Waals surface area contributed by atoms with E-state index in [2.05, 4.69) is 10.1 Å². The highest BCUT2D eigenvalue weighted by molar-refractivity contribution is 7.17. The first-order chi connectivity index (χ1) is 7.99. The Morgan fingerprint density at radius 1 is 1.53 bits per heavy atom. The topological polar surface area (TPSA) is 68.0 Å². The van der Waals surface area contributed by atoms with Crippen LogP contribution in [-0.2, 0) is 7.05 Å². The van der Waals surface area contributed by atoms with Crippen molar-refractivity contribution >= 4 is 17.3 Å². The molecule has 0 radical (unpaired) electrons. The number of carboxylic acid groups (broad SMARTS) is 1. The third kappa shape index (κ3) is 2.21. The largest absolute Gasteiger partial charge is 0.477 e. The van der Waals surface area contributed by atoms with E-state index < -0.39 is 5.97 Å². The van der Waals surface area contributed by atoms with E-state index in [1.54, 1.807) is 4.68 Å². The summed E-state index contributed by atoms with van der Waals surface area (Å²) in [6.45, 7) is 3.87. The Kier molecular flexibility index (Phi) is 2.97. The number of aromatic nitrogens is 3. The molecule has 0 atom stereocenters. The van der Waals surface area contributed by atoms with E-state index in [0.29, 0.717) is 21.3 Å². The molecule has 2 rings (SSSR count). The normalized spacial score (nSPS) is 11.1. The first-order valence-corrected chi connectivity index (χ1v) is 6.04. The van der Waals surface area contributed by atoms with Crippen LogP contribution in [0.5, 0.6) is 0 Å². The highest BCUT2D eigenvalue weighted by Gasteiger charge is 2.21. The van der Waals surface area contributed by atoms with Crippen LogP contribution >= 0.6 is 11.3 Å². The molecule has 0 aliphatic rings. The lowest BCUT2D eigenvalue weighted by atomic mass is 10.1. The van der Waals surface area contributed by atoms with Crippen molar-refractivity contribution in [2.75, 3.05) is 0 Å². The van der Waals surface area contributed by atoms with Gasteiger partial charge in [0.2, 0.25) is 0 Å². The van der Waals surface area contributed by atoms with Gasteiger partial charge in [-0.3, -0.25) is 4.68 Å². The number of carboxylic acids is 1. The zero-order valence-electron chi connectivity index (χ0n) is 9.84. The van der Waals surface area contributed by atoms with Crippen molar-refractivity contribution in [3.8, 4) is 10.7 Å². The molecular formula is C11H13N3O2S. The molecule has 0 saturated heterocycles. The Balaban J connectivity index is 2.50. The minimum Gasteiger partial charge on any atom is -0.477 e. The Hall–Kier alpha value is -1.69. The van der Waals surface area contributed by atoms with E-state index in [-0.39, 0.29) is 5.92 Å². The SMILES string of the molecule is CC(C)c1nc(-c2ccn(C)n2)sc1C(=O)O. The summed E-state index contributed by atoms with van der Waals surface area (Å²) in [4.78, 5) is 15.8. The van der Waals surface area contributed by atoms with E-state index in [1.807, 2.05) is 33.2 Å². The molecule has 17 heavy (non-hydrogen) atoms. The molecule has 0 aliphatic heterocycles. The van der Waals surface area contributed by atoms with Crippen LogP contribution in [-0.4, -0.2) is 25.8 Å². The van der Waals surface area contributed by atoms with Crippen molar-refractivity contribution in [3.05, 3.63) is 22.8 Å². The zero-order valence-corrected chi connectivity index (χ0v) is 10.7. The van der Waals surface area contributed by atoms with Crippen LogP contribution in [0.3, 0.4) is 0 Å². The smallest absolute Gasteiger partial charge is 0.347 e. The standard InChI is InChI=1S/C11H13N3O2S/c1-6(2)8-9(11(15)16)17-10(12-8)7-4-5-14(3)13-7/h4-6H,1-3H3,(H,15,16). The summed E-state index contributed by atoms with van der Waals surface area (Å²) in [5.41, 5.74) is 1.34. The maximum atomic E-state index is 11.1. The third-order valence-corrected chi connectivity index (χ3v) is 3.41. The molecule has 6 heteroatoms. The van der Waals surface area contributed by atoms with Gasteiger partial charge < -0.3 is 5.11 Å². The molecule has 0 saturated carbocycles. The zero-order chi connectivity index (χ0) is 12.6. The number of aromatic carboxylic acids is 1. The Bertz CT molecular complexity index is 557. The van der Waals surface area contributed by atoms with E-state index in [4.69, 9.17) is 5.11 Å². The van der Waals surface area contributed by atoms with Gasteiger partial charge in [-0.05, 0) is 12.0 Å². The molecule has 0 aliphatic carbocycles. The number of nitrogens with zero attached hydrogens (tertiary/aromatic N) is 3. The first kappa shape index (κ1) is 11.8. The van der Waals surface area contributed by atoms with Gasteiger partial charge in [-0.2, -0.15) is 5.10 Å². The Labute approximate surface area is 103 Å². The lowest BCUT2D eigenvalue weighted by molar-refractivity contribution is 0.0700. The summed E-state index contributed by atoms with van der Waals surface area (Å²) < 4.78 is 1.67. The molecular weight excluding hydrogens is 238 g/mol. The van der Waals surface area contributed by atoms with Crippen LogP contribution in [0.25, 0.3) is 10.7 Å². The number of rotatable bonds is 3. The number of aryl methyl sites for hydroxylation is 1. The fraction of sp³-hybridized carbons (Fsp3) is 0.364. The molecule has 0 aromatic carbocycles. The summed E-state index contributed by atoms with van der Waals surface area (Å²) >= 11 is 1.18. The van der Waals surface area contributed by atoms with Crippen LogP contribution in [0.1, 0.15) is 35.1 Å². The van der Waals surface area contributed by atoms with Crippen LogP contribution in [0.4, 0.5) is 0 Å². The minimum atomic E-state index is -0.923. The monoisotopic (exact) mass is 251 g/mol. The van der Waals surface area contributed by atoms with E-state index >= 15 is 0 Å². The average Bonchev–Trinajstić information content (AvgIpc) is 2.82.